The Hall–Kier alpha value is -1.60. The quantitative estimate of drug-likeness (QED) is 0.902. The minimum Gasteiger partial charge on any atom is -0.378 e. The predicted molar refractivity (Wildman–Crippen MR) is 71.5 cm³/mol. The Labute approximate surface area is 120 Å². The maximum Gasteiger partial charge on any atom is 0.418 e. The molecule has 0 bridgehead atoms. The first-order valence-electron chi connectivity index (χ1n) is 6.65. The third kappa shape index (κ3) is 3.54. The van der Waals surface area contributed by atoms with Gasteiger partial charge in [-0.1, -0.05) is 6.07 Å². The second-order valence-corrected chi connectivity index (χ2v) is 5.04. The number of anilines is 1. The van der Waals surface area contributed by atoms with Crippen molar-refractivity contribution in [2.45, 2.75) is 32.2 Å². The summed E-state index contributed by atoms with van der Waals surface area (Å²) in [6.07, 6.45) is -4.33. The molecule has 1 aromatic rings. The summed E-state index contributed by atoms with van der Waals surface area (Å²) in [5, 5.41) is 2.36. The number of nitrogens with two attached hydrogens (primary N) is 1. The minimum atomic E-state index is -4.55. The van der Waals surface area contributed by atoms with Gasteiger partial charge in [0.25, 0.3) is 0 Å². The molecule has 1 fully saturated rings. The van der Waals surface area contributed by atoms with Crippen LogP contribution in [0, 0.1) is 5.92 Å². The average Bonchev–Trinajstić information content (AvgIpc) is 2.84. The van der Waals surface area contributed by atoms with E-state index in [0.29, 0.717) is 18.6 Å². The lowest BCUT2D eigenvalue weighted by molar-refractivity contribution is -0.137. The summed E-state index contributed by atoms with van der Waals surface area (Å²) >= 11 is 0. The molecule has 1 aliphatic heterocycles. The van der Waals surface area contributed by atoms with Crippen molar-refractivity contribution < 1.29 is 22.7 Å². The predicted octanol–water partition coefficient (Wildman–Crippen LogP) is 2.53. The van der Waals surface area contributed by atoms with E-state index in [-0.39, 0.29) is 18.3 Å². The van der Waals surface area contributed by atoms with Crippen LogP contribution < -0.4 is 11.1 Å². The number of carbonyl (C=O) groups is 1. The molecule has 3 N–H and O–H groups in total. The first-order chi connectivity index (χ1) is 9.82. The molecular weight excluding hydrogens is 285 g/mol. The Morgan fingerprint density at radius 2 is 2.19 bits per heavy atom. The van der Waals surface area contributed by atoms with E-state index in [9.17, 15) is 18.0 Å². The van der Waals surface area contributed by atoms with Crippen molar-refractivity contribution in [3.8, 4) is 0 Å². The molecule has 2 atom stereocenters. The zero-order valence-corrected chi connectivity index (χ0v) is 11.5. The van der Waals surface area contributed by atoms with Crippen molar-refractivity contribution in [2.75, 3.05) is 11.9 Å². The number of halogens is 3. The van der Waals surface area contributed by atoms with Gasteiger partial charge < -0.3 is 15.8 Å². The number of carbonyl (C=O) groups excluding carboxylic acids is 1. The van der Waals surface area contributed by atoms with Gasteiger partial charge >= 0.3 is 6.18 Å². The number of hydrogen-bond acceptors (Lipinski definition) is 3. The van der Waals surface area contributed by atoms with Gasteiger partial charge in [-0.2, -0.15) is 13.2 Å². The standard InChI is InChI=1S/C14H17F3N2O2/c1-8-10(4-5-21-8)13(20)19-12-3-2-9(7-18)6-11(12)14(15,16)17/h2-3,6,8,10H,4-5,7,18H2,1H3,(H,19,20). The lowest BCUT2D eigenvalue weighted by Crippen LogP contribution is -2.28. The summed E-state index contributed by atoms with van der Waals surface area (Å²) in [5.41, 5.74) is 4.59. The fraction of sp³-hybridized carbons (Fsp3) is 0.500. The number of nitrogens with one attached hydrogen (secondary N) is 1. The van der Waals surface area contributed by atoms with Gasteiger partial charge in [-0.25, -0.2) is 0 Å². The summed E-state index contributed by atoms with van der Waals surface area (Å²) in [5.74, 6) is -0.883. The molecule has 1 saturated heterocycles. The van der Waals surface area contributed by atoms with Crippen LogP contribution in [0.1, 0.15) is 24.5 Å². The maximum atomic E-state index is 13.1. The fourth-order valence-electron chi connectivity index (χ4n) is 2.36. The van der Waals surface area contributed by atoms with Crippen LogP contribution in [0.25, 0.3) is 0 Å². The van der Waals surface area contributed by atoms with E-state index in [2.05, 4.69) is 5.32 Å². The normalized spacial score (nSPS) is 22.3. The fourth-order valence-corrected chi connectivity index (χ4v) is 2.36. The highest BCUT2D eigenvalue weighted by Gasteiger charge is 2.36. The second-order valence-electron chi connectivity index (χ2n) is 5.04. The molecule has 1 amide bonds. The Morgan fingerprint density at radius 3 is 2.71 bits per heavy atom. The van der Waals surface area contributed by atoms with E-state index in [1.54, 1.807) is 6.92 Å². The molecule has 1 heterocycles. The van der Waals surface area contributed by atoms with Crippen LogP contribution in [-0.4, -0.2) is 18.6 Å². The van der Waals surface area contributed by atoms with Gasteiger partial charge in [0, 0.05) is 13.2 Å². The van der Waals surface area contributed by atoms with Crippen LogP contribution in [0.5, 0.6) is 0 Å². The van der Waals surface area contributed by atoms with Crippen molar-refractivity contribution in [2.24, 2.45) is 11.7 Å². The Morgan fingerprint density at radius 1 is 1.48 bits per heavy atom. The number of amides is 1. The van der Waals surface area contributed by atoms with Crippen LogP contribution in [0.15, 0.2) is 18.2 Å². The van der Waals surface area contributed by atoms with E-state index in [4.69, 9.17) is 10.5 Å². The number of alkyl halides is 3. The molecule has 2 rings (SSSR count). The summed E-state index contributed by atoms with van der Waals surface area (Å²) in [6, 6.07) is 3.67. The Bertz CT molecular complexity index is 531. The van der Waals surface area contributed by atoms with Crippen molar-refractivity contribution in [3.05, 3.63) is 29.3 Å². The largest absolute Gasteiger partial charge is 0.418 e. The summed E-state index contributed by atoms with van der Waals surface area (Å²) in [6.45, 7) is 2.18. The maximum absolute atomic E-state index is 13.1. The van der Waals surface area contributed by atoms with Crippen molar-refractivity contribution in [1.29, 1.82) is 0 Å². The molecule has 0 aliphatic carbocycles. The lowest BCUT2D eigenvalue weighted by atomic mass is 10.0. The smallest absolute Gasteiger partial charge is 0.378 e. The zero-order valence-electron chi connectivity index (χ0n) is 11.5. The molecule has 1 aliphatic rings. The summed E-state index contributed by atoms with van der Waals surface area (Å²) in [4.78, 5) is 12.1. The topological polar surface area (TPSA) is 64.3 Å². The summed E-state index contributed by atoms with van der Waals surface area (Å²) in [7, 11) is 0. The van der Waals surface area contributed by atoms with Gasteiger partial charge in [-0.05, 0) is 31.0 Å². The number of ether oxygens (including phenoxy) is 1. The Kier molecular flexibility index (Phi) is 4.53. The minimum absolute atomic E-state index is 0.00477. The van der Waals surface area contributed by atoms with Crippen LogP contribution in [0.3, 0.4) is 0 Å². The van der Waals surface area contributed by atoms with E-state index < -0.39 is 23.6 Å². The molecule has 4 nitrogen and oxygen atoms in total. The molecule has 1 aromatic carbocycles. The second kappa shape index (κ2) is 6.03. The number of hydrogen-bond donors (Lipinski definition) is 2. The highest BCUT2D eigenvalue weighted by molar-refractivity contribution is 5.94. The SMILES string of the molecule is CC1OCCC1C(=O)Nc1ccc(CN)cc1C(F)(F)F. The average molecular weight is 302 g/mol. The van der Waals surface area contributed by atoms with Crippen LogP contribution in [0.2, 0.25) is 0 Å². The van der Waals surface area contributed by atoms with Crippen molar-refractivity contribution in [3.63, 3.8) is 0 Å². The van der Waals surface area contributed by atoms with Crippen LogP contribution >= 0.6 is 0 Å². The molecular formula is C14H17F3N2O2. The highest BCUT2D eigenvalue weighted by Crippen LogP contribution is 2.36. The van der Waals surface area contributed by atoms with Gasteiger partial charge in [-0.15, -0.1) is 0 Å². The van der Waals surface area contributed by atoms with E-state index in [1.807, 2.05) is 0 Å². The molecule has 0 spiro atoms. The molecule has 0 aromatic heterocycles. The van der Waals surface area contributed by atoms with Gasteiger partial charge in [0.2, 0.25) is 5.91 Å². The van der Waals surface area contributed by atoms with E-state index >= 15 is 0 Å². The van der Waals surface area contributed by atoms with E-state index in [0.717, 1.165) is 6.07 Å². The van der Waals surface area contributed by atoms with Crippen molar-refractivity contribution in [1.82, 2.24) is 0 Å². The highest BCUT2D eigenvalue weighted by atomic mass is 19.4. The molecule has 0 radical (unpaired) electrons. The third-order valence-corrected chi connectivity index (χ3v) is 3.60. The molecule has 0 saturated carbocycles. The number of rotatable bonds is 3. The monoisotopic (exact) mass is 302 g/mol. The molecule has 116 valence electrons. The molecule has 2 unspecified atom stereocenters. The third-order valence-electron chi connectivity index (χ3n) is 3.60. The first-order valence-corrected chi connectivity index (χ1v) is 6.65. The molecule has 7 heteroatoms. The van der Waals surface area contributed by atoms with Gasteiger partial charge in [0.05, 0.1) is 23.3 Å². The number of benzene rings is 1. The van der Waals surface area contributed by atoms with Crippen LogP contribution in [0.4, 0.5) is 18.9 Å². The summed E-state index contributed by atoms with van der Waals surface area (Å²) < 4.78 is 44.4. The Balaban J connectivity index is 2.25. The van der Waals surface area contributed by atoms with Gasteiger partial charge in [0.15, 0.2) is 0 Å². The zero-order chi connectivity index (χ0) is 15.6. The molecule has 21 heavy (non-hydrogen) atoms. The van der Waals surface area contributed by atoms with E-state index in [1.165, 1.54) is 12.1 Å². The van der Waals surface area contributed by atoms with Gasteiger partial charge in [0.1, 0.15) is 0 Å². The van der Waals surface area contributed by atoms with Gasteiger partial charge in [-0.3, -0.25) is 4.79 Å². The lowest BCUT2D eigenvalue weighted by Gasteiger charge is -2.18. The first kappa shape index (κ1) is 15.8. The van der Waals surface area contributed by atoms with Crippen molar-refractivity contribution >= 4 is 11.6 Å². The van der Waals surface area contributed by atoms with Crippen LogP contribution in [-0.2, 0) is 22.3 Å².